The van der Waals surface area contributed by atoms with Crippen LogP contribution in [0.15, 0.2) is 48.5 Å². The molecule has 2 aromatic rings. The summed E-state index contributed by atoms with van der Waals surface area (Å²) in [7, 11) is 0. The van der Waals surface area contributed by atoms with Crippen LogP contribution in [-0.4, -0.2) is 21.9 Å². The Kier molecular flexibility index (Phi) is 3.85. The van der Waals surface area contributed by atoms with Crippen LogP contribution in [0, 0.1) is 0 Å². The molecule has 1 unspecified atom stereocenters. The summed E-state index contributed by atoms with van der Waals surface area (Å²) >= 11 is 0. The van der Waals surface area contributed by atoms with E-state index in [-0.39, 0.29) is 24.0 Å². The van der Waals surface area contributed by atoms with E-state index >= 15 is 0 Å². The predicted molar refractivity (Wildman–Crippen MR) is 69.8 cm³/mol. The standard InChI is InChI=1S/C15H16O3/c16-9-8-13(11-4-2-1-3-5-11)14-7-6-12(17)10-15(14)18/h1-7,10,13,16-18H,8-9H2. The van der Waals surface area contributed by atoms with E-state index in [1.54, 1.807) is 12.1 Å². The van der Waals surface area contributed by atoms with Crippen LogP contribution in [0.2, 0.25) is 0 Å². The summed E-state index contributed by atoms with van der Waals surface area (Å²) < 4.78 is 0. The third-order valence-electron chi connectivity index (χ3n) is 3.01. The van der Waals surface area contributed by atoms with Gasteiger partial charge in [0.2, 0.25) is 0 Å². The van der Waals surface area contributed by atoms with Crippen LogP contribution in [0.1, 0.15) is 23.5 Å². The van der Waals surface area contributed by atoms with Crippen molar-refractivity contribution in [2.24, 2.45) is 0 Å². The third-order valence-corrected chi connectivity index (χ3v) is 3.01. The molecule has 3 N–H and O–H groups in total. The van der Waals surface area contributed by atoms with Crippen molar-refractivity contribution in [2.45, 2.75) is 12.3 Å². The molecule has 1 atom stereocenters. The molecule has 0 aromatic heterocycles. The Morgan fingerprint density at radius 2 is 1.67 bits per heavy atom. The molecule has 0 aliphatic heterocycles. The normalized spacial score (nSPS) is 12.3. The first kappa shape index (κ1) is 12.5. The molecule has 0 spiro atoms. The van der Waals surface area contributed by atoms with Gasteiger partial charge in [-0.2, -0.15) is 0 Å². The first-order chi connectivity index (χ1) is 8.72. The topological polar surface area (TPSA) is 60.7 Å². The Morgan fingerprint density at radius 3 is 2.28 bits per heavy atom. The zero-order chi connectivity index (χ0) is 13.0. The lowest BCUT2D eigenvalue weighted by atomic mass is 9.88. The average molecular weight is 244 g/mol. The Labute approximate surface area is 106 Å². The van der Waals surface area contributed by atoms with Crippen molar-refractivity contribution in [2.75, 3.05) is 6.61 Å². The van der Waals surface area contributed by atoms with Crippen molar-refractivity contribution < 1.29 is 15.3 Å². The fourth-order valence-corrected chi connectivity index (χ4v) is 2.14. The highest BCUT2D eigenvalue weighted by Crippen LogP contribution is 2.35. The molecular formula is C15H16O3. The van der Waals surface area contributed by atoms with Crippen LogP contribution in [0.5, 0.6) is 11.5 Å². The molecule has 0 amide bonds. The van der Waals surface area contributed by atoms with Crippen molar-refractivity contribution >= 4 is 0 Å². The SMILES string of the molecule is OCCC(c1ccccc1)c1ccc(O)cc1O. The molecule has 3 heteroatoms. The van der Waals surface area contributed by atoms with Crippen molar-refractivity contribution in [3.05, 3.63) is 59.7 Å². The fraction of sp³-hybridized carbons (Fsp3) is 0.200. The minimum atomic E-state index is -0.0724. The van der Waals surface area contributed by atoms with Crippen molar-refractivity contribution in [1.82, 2.24) is 0 Å². The summed E-state index contributed by atoms with van der Waals surface area (Å²) in [6, 6.07) is 14.3. The first-order valence-electron chi connectivity index (χ1n) is 5.90. The van der Waals surface area contributed by atoms with E-state index < -0.39 is 0 Å². The van der Waals surface area contributed by atoms with Crippen LogP contribution < -0.4 is 0 Å². The zero-order valence-corrected chi connectivity index (χ0v) is 9.95. The molecule has 0 saturated carbocycles. The lowest BCUT2D eigenvalue weighted by Gasteiger charge is -2.18. The van der Waals surface area contributed by atoms with Crippen LogP contribution in [0.4, 0.5) is 0 Å². The Bertz CT molecular complexity index is 508. The number of phenols is 2. The number of hydrogen-bond acceptors (Lipinski definition) is 3. The summed E-state index contributed by atoms with van der Waals surface area (Å²) in [6.45, 7) is 0.0415. The highest BCUT2D eigenvalue weighted by Gasteiger charge is 2.17. The van der Waals surface area contributed by atoms with E-state index in [4.69, 9.17) is 0 Å². The minimum Gasteiger partial charge on any atom is -0.508 e. The van der Waals surface area contributed by atoms with Crippen LogP contribution in [0.25, 0.3) is 0 Å². The van der Waals surface area contributed by atoms with Gasteiger partial charge in [0.15, 0.2) is 0 Å². The smallest absolute Gasteiger partial charge is 0.123 e. The molecule has 3 nitrogen and oxygen atoms in total. The Balaban J connectivity index is 2.41. The van der Waals surface area contributed by atoms with Gasteiger partial charge in [-0.15, -0.1) is 0 Å². The molecule has 0 radical (unpaired) electrons. The van der Waals surface area contributed by atoms with E-state index in [0.29, 0.717) is 12.0 Å². The van der Waals surface area contributed by atoms with Gasteiger partial charge in [0.25, 0.3) is 0 Å². The van der Waals surface area contributed by atoms with Crippen LogP contribution in [-0.2, 0) is 0 Å². The molecule has 0 saturated heterocycles. The molecule has 0 bridgehead atoms. The maximum absolute atomic E-state index is 9.91. The van der Waals surface area contributed by atoms with Gasteiger partial charge in [0.05, 0.1) is 0 Å². The predicted octanol–water partition coefficient (Wildman–Crippen LogP) is 2.61. The molecule has 0 aliphatic rings. The molecule has 0 fully saturated rings. The van der Waals surface area contributed by atoms with Gasteiger partial charge in [0, 0.05) is 24.2 Å². The second kappa shape index (κ2) is 5.56. The summed E-state index contributed by atoms with van der Waals surface area (Å²) in [5.74, 6) is 0.0150. The lowest BCUT2D eigenvalue weighted by molar-refractivity contribution is 0.280. The number of benzene rings is 2. The van der Waals surface area contributed by atoms with Gasteiger partial charge >= 0.3 is 0 Å². The van der Waals surface area contributed by atoms with Gasteiger partial charge in [-0.3, -0.25) is 0 Å². The average Bonchev–Trinajstić information content (AvgIpc) is 2.38. The number of aliphatic hydroxyl groups is 1. The van der Waals surface area contributed by atoms with Gasteiger partial charge < -0.3 is 15.3 Å². The molecule has 2 rings (SSSR count). The summed E-state index contributed by atoms with van der Waals surface area (Å²) in [5.41, 5.74) is 1.75. The molecule has 18 heavy (non-hydrogen) atoms. The molecule has 0 aliphatic carbocycles. The van der Waals surface area contributed by atoms with E-state index in [2.05, 4.69) is 0 Å². The maximum atomic E-state index is 9.91. The number of aliphatic hydroxyl groups excluding tert-OH is 1. The van der Waals surface area contributed by atoms with Crippen LogP contribution in [0.3, 0.4) is 0 Å². The van der Waals surface area contributed by atoms with E-state index in [9.17, 15) is 15.3 Å². The van der Waals surface area contributed by atoms with Gasteiger partial charge in [-0.05, 0) is 18.1 Å². The van der Waals surface area contributed by atoms with Gasteiger partial charge in [-0.1, -0.05) is 36.4 Å². The number of aromatic hydroxyl groups is 2. The van der Waals surface area contributed by atoms with Crippen molar-refractivity contribution in [1.29, 1.82) is 0 Å². The quantitative estimate of drug-likeness (QED) is 0.774. The zero-order valence-electron chi connectivity index (χ0n) is 9.95. The monoisotopic (exact) mass is 244 g/mol. The summed E-state index contributed by atoms with van der Waals surface area (Å²) in [5, 5.41) is 28.4. The fourth-order valence-electron chi connectivity index (χ4n) is 2.14. The highest BCUT2D eigenvalue weighted by atomic mass is 16.3. The molecule has 0 heterocycles. The second-order valence-corrected chi connectivity index (χ2v) is 4.22. The maximum Gasteiger partial charge on any atom is 0.123 e. The highest BCUT2D eigenvalue weighted by molar-refractivity contribution is 5.45. The number of rotatable bonds is 4. The Hall–Kier alpha value is -2.00. The van der Waals surface area contributed by atoms with E-state index in [1.807, 2.05) is 30.3 Å². The van der Waals surface area contributed by atoms with E-state index in [0.717, 1.165) is 5.56 Å². The first-order valence-corrected chi connectivity index (χ1v) is 5.90. The Morgan fingerprint density at radius 1 is 0.944 bits per heavy atom. The third kappa shape index (κ3) is 2.63. The van der Waals surface area contributed by atoms with Gasteiger partial charge in [0.1, 0.15) is 11.5 Å². The second-order valence-electron chi connectivity index (χ2n) is 4.22. The molecule has 2 aromatic carbocycles. The van der Waals surface area contributed by atoms with Crippen molar-refractivity contribution in [3.8, 4) is 11.5 Å². The summed E-state index contributed by atoms with van der Waals surface area (Å²) in [4.78, 5) is 0. The van der Waals surface area contributed by atoms with Crippen LogP contribution >= 0.6 is 0 Å². The summed E-state index contributed by atoms with van der Waals surface area (Å²) in [6.07, 6.45) is 0.530. The minimum absolute atomic E-state index is 0.0343. The van der Waals surface area contributed by atoms with Gasteiger partial charge in [-0.25, -0.2) is 0 Å². The lowest BCUT2D eigenvalue weighted by Crippen LogP contribution is -2.03. The number of phenolic OH excluding ortho intramolecular Hbond substituents is 2. The largest absolute Gasteiger partial charge is 0.508 e. The molecular weight excluding hydrogens is 228 g/mol. The van der Waals surface area contributed by atoms with E-state index in [1.165, 1.54) is 6.07 Å². The number of hydrogen-bond donors (Lipinski definition) is 3. The van der Waals surface area contributed by atoms with Crippen molar-refractivity contribution in [3.63, 3.8) is 0 Å². The molecule has 94 valence electrons.